The maximum Gasteiger partial charge on any atom is 0.126 e. The molecule has 0 amide bonds. The molecule has 0 aromatic heterocycles. The van der Waals surface area contributed by atoms with Crippen LogP contribution in [-0.2, 0) is 11.3 Å². The average molecular weight is 319 g/mol. The fraction of sp³-hybridized carbons (Fsp3) is 0.333. The highest BCUT2D eigenvalue weighted by Gasteiger charge is 2.17. The van der Waals surface area contributed by atoms with Gasteiger partial charge < -0.3 is 14.8 Å². The van der Waals surface area contributed by atoms with Crippen molar-refractivity contribution in [2.45, 2.75) is 19.1 Å². The van der Waals surface area contributed by atoms with Crippen LogP contribution >= 0.6 is 0 Å². The summed E-state index contributed by atoms with van der Waals surface area (Å²) in [7, 11) is 1.53. The molecule has 1 saturated heterocycles. The van der Waals surface area contributed by atoms with Gasteiger partial charge in [-0.05, 0) is 54.4 Å². The molecule has 1 atom stereocenters. The Bertz CT molecular complexity index is 685. The van der Waals surface area contributed by atoms with Gasteiger partial charge in [0, 0.05) is 12.1 Å². The van der Waals surface area contributed by atoms with Gasteiger partial charge in [0.1, 0.15) is 17.4 Å². The van der Waals surface area contributed by atoms with E-state index in [4.69, 9.17) is 9.47 Å². The first-order valence-electron chi connectivity index (χ1n) is 7.62. The number of ether oxygens (including phenoxy) is 2. The highest BCUT2D eigenvalue weighted by molar-refractivity contribution is 5.73. The van der Waals surface area contributed by atoms with Crippen LogP contribution in [0.15, 0.2) is 36.4 Å². The lowest BCUT2D eigenvalue weighted by Crippen LogP contribution is -2.16. The fourth-order valence-electron chi connectivity index (χ4n) is 2.81. The number of methoxy groups -OCH3 is 1. The average Bonchev–Trinajstić information content (AvgIpc) is 3.06. The molecule has 0 radical (unpaired) electrons. The largest absolute Gasteiger partial charge is 0.496 e. The van der Waals surface area contributed by atoms with Gasteiger partial charge in [0.25, 0.3) is 0 Å². The Labute approximate surface area is 134 Å². The van der Waals surface area contributed by atoms with Crippen LogP contribution < -0.4 is 10.1 Å². The second kappa shape index (κ2) is 7.06. The Kier molecular flexibility index (Phi) is 4.88. The molecular formula is C18H19F2NO2. The maximum absolute atomic E-state index is 13.7. The lowest BCUT2D eigenvalue weighted by Gasteiger charge is -2.16. The Hall–Kier alpha value is -1.98. The van der Waals surface area contributed by atoms with Gasteiger partial charge in [0.15, 0.2) is 0 Å². The Morgan fingerprint density at radius 2 is 1.87 bits per heavy atom. The highest BCUT2D eigenvalue weighted by atomic mass is 19.1. The minimum absolute atomic E-state index is 0.125. The third-order valence-electron chi connectivity index (χ3n) is 4.01. The normalized spacial score (nSPS) is 17.4. The van der Waals surface area contributed by atoms with E-state index in [1.54, 1.807) is 12.1 Å². The summed E-state index contributed by atoms with van der Waals surface area (Å²) in [4.78, 5) is 0. The van der Waals surface area contributed by atoms with Crippen LogP contribution in [0.5, 0.6) is 5.75 Å². The van der Waals surface area contributed by atoms with Crippen molar-refractivity contribution < 1.29 is 18.3 Å². The zero-order chi connectivity index (χ0) is 16.2. The number of rotatable bonds is 5. The van der Waals surface area contributed by atoms with E-state index < -0.39 is 0 Å². The van der Waals surface area contributed by atoms with Gasteiger partial charge in [-0.2, -0.15) is 0 Å². The lowest BCUT2D eigenvalue weighted by molar-refractivity contribution is 0.0543. The molecule has 0 spiro atoms. The Morgan fingerprint density at radius 1 is 1.09 bits per heavy atom. The first kappa shape index (κ1) is 15.9. The smallest absolute Gasteiger partial charge is 0.126 e. The molecule has 0 unspecified atom stereocenters. The molecule has 1 fully saturated rings. The van der Waals surface area contributed by atoms with Gasteiger partial charge in [-0.15, -0.1) is 0 Å². The quantitative estimate of drug-likeness (QED) is 0.915. The van der Waals surface area contributed by atoms with E-state index in [9.17, 15) is 8.78 Å². The van der Waals surface area contributed by atoms with E-state index in [1.165, 1.54) is 31.4 Å². The van der Waals surface area contributed by atoms with Crippen LogP contribution in [0.25, 0.3) is 11.1 Å². The van der Waals surface area contributed by atoms with Crippen LogP contribution in [0.1, 0.15) is 12.0 Å². The van der Waals surface area contributed by atoms with Gasteiger partial charge in [0.05, 0.1) is 19.8 Å². The van der Waals surface area contributed by atoms with Crippen molar-refractivity contribution >= 4 is 0 Å². The molecule has 0 bridgehead atoms. The molecule has 1 aliphatic rings. The maximum atomic E-state index is 13.7. The van der Waals surface area contributed by atoms with E-state index in [2.05, 4.69) is 5.32 Å². The SMILES string of the molecule is COc1ccc(F)cc1-c1ccc(F)cc1CO[C@H]1CCNC1. The van der Waals surface area contributed by atoms with Crippen molar-refractivity contribution in [1.82, 2.24) is 5.32 Å². The summed E-state index contributed by atoms with van der Waals surface area (Å²) in [5, 5.41) is 3.22. The van der Waals surface area contributed by atoms with Gasteiger partial charge in [-0.3, -0.25) is 0 Å². The predicted molar refractivity (Wildman–Crippen MR) is 84.4 cm³/mol. The van der Waals surface area contributed by atoms with Gasteiger partial charge in [-0.25, -0.2) is 8.78 Å². The molecule has 1 heterocycles. The zero-order valence-electron chi connectivity index (χ0n) is 12.9. The summed E-state index contributed by atoms with van der Waals surface area (Å²) >= 11 is 0. The number of nitrogens with one attached hydrogen (secondary N) is 1. The molecule has 3 rings (SSSR count). The molecular weight excluding hydrogens is 300 g/mol. The monoisotopic (exact) mass is 319 g/mol. The summed E-state index contributed by atoms with van der Waals surface area (Å²) in [6.45, 7) is 2.01. The van der Waals surface area contributed by atoms with Crippen LogP contribution in [0.2, 0.25) is 0 Å². The molecule has 23 heavy (non-hydrogen) atoms. The van der Waals surface area contributed by atoms with E-state index in [0.717, 1.165) is 19.5 Å². The van der Waals surface area contributed by atoms with Crippen molar-refractivity contribution in [2.75, 3.05) is 20.2 Å². The van der Waals surface area contributed by atoms with Gasteiger partial charge in [0.2, 0.25) is 0 Å². The van der Waals surface area contributed by atoms with Crippen LogP contribution in [0.3, 0.4) is 0 Å². The van der Waals surface area contributed by atoms with Crippen molar-refractivity contribution in [1.29, 1.82) is 0 Å². The molecule has 0 saturated carbocycles. The first-order valence-corrected chi connectivity index (χ1v) is 7.62. The predicted octanol–water partition coefficient (Wildman–Crippen LogP) is 3.52. The molecule has 2 aromatic carbocycles. The highest BCUT2D eigenvalue weighted by Crippen LogP contribution is 2.34. The van der Waals surface area contributed by atoms with Crippen molar-refractivity contribution in [3.05, 3.63) is 53.6 Å². The second-order valence-corrected chi connectivity index (χ2v) is 5.57. The summed E-state index contributed by atoms with van der Waals surface area (Å²) in [5.41, 5.74) is 1.99. The van der Waals surface area contributed by atoms with E-state index >= 15 is 0 Å². The molecule has 3 nitrogen and oxygen atoms in total. The molecule has 0 aliphatic carbocycles. The third kappa shape index (κ3) is 3.68. The third-order valence-corrected chi connectivity index (χ3v) is 4.01. The topological polar surface area (TPSA) is 30.5 Å². The molecule has 2 aromatic rings. The number of benzene rings is 2. The summed E-state index contributed by atoms with van der Waals surface area (Å²) in [6.07, 6.45) is 1.06. The Balaban J connectivity index is 1.93. The minimum Gasteiger partial charge on any atom is -0.496 e. The van der Waals surface area contributed by atoms with Crippen molar-refractivity contribution in [3.8, 4) is 16.9 Å². The Morgan fingerprint density at radius 3 is 2.61 bits per heavy atom. The van der Waals surface area contributed by atoms with Gasteiger partial charge >= 0.3 is 0 Å². The number of hydrogen-bond donors (Lipinski definition) is 1. The van der Waals surface area contributed by atoms with E-state index in [1.807, 2.05) is 0 Å². The fourth-order valence-corrected chi connectivity index (χ4v) is 2.81. The van der Waals surface area contributed by atoms with Gasteiger partial charge in [-0.1, -0.05) is 6.07 Å². The van der Waals surface area contributed by atoms with Crippen LogP contribution in [-0.4, -0.2) is 26.3 Å². The van der Waals surface area contributed by atoms with Crippen molar-refractivity contribution in [2.24, 2.45) is 0 Å². The molecule has 5 heteroatoms. The number of halogens is 2. The van der Waals surface area contributed by atoms with E-state index in [-0.39, 0.29) is 24.3 Å². The summed E-state index contributed by atoms with van der Waals surface area (Å²) in [6, 6.07) is 8.74. The van der Waals surface area contributed by atoms with Crippen LogP contribution in [0.4, 0.5) is 8.78 Å². The lowest BCUT2D eigenvalue weighted by atomic mass is 9.98. The molecule has 1 N–H and O–H groups in total. The first-order chi connectivity index (χ1) is 11.2. The molecule has 1 aliphatic heterocycles. The summed E-state index contributed by atoms with van der Waals surface area (Å²) in [5.74, 6) is -0.161. The standard InChI is InChI=1S/C18H19F2NO2/c1-22-18-5-3-14(20)9-17(18)16-4-2-13(19)8-12(16)11-23-15-6-7-21-10-15/h2-5,8-9,15,21H,6-7,10-11H2,1H3/t15-/m0/s1. The van der Waals surface area contributed by atoms with E-state index in [0.29, 0.717) is 22.4 Å². The van der Waals surface area contributed by atoms with Crippen LogP contribution in [0, 0.1) is 11.6 Å². The minimum atomic E-state index is -0.364. The second-order valence-electron chi connectivity index (χ2n) is 5.57. The zero-order valence-corrected chi connectivity index (χ0v) is 12.9. The summed E-state index contributed by atoms with van der Waals surface area (Å²) < 4.78 is 38.4. The van der Waals surface area contributed by atoms with Crippen molar-refractivity contribution in [3.63, 3.8) is 0 Å². The number of hydrogen-bond acceptors (Lipinski definition) is 3. The molecule has 122 valence electrons.